The first-order chi connectivity index (χ1) is 13.7. The molecule has 0 fully saturated rings. The van der Waals surface area contributed by atoms with Gasteiger partial charge in [-0.15, -0.1) is 16.4 Å². The molecule has 2 aromatic heterocycles. The number of nitrogens with zero attached hydrogens (tertiary/aromatic N) is 2. The molecule has 9 heteroatoms. The van der Waals surface area contributed by atoms with Gasteiger partial charge in [0, 0.05) is 10.1 Å². The van der Waals surface area contributed by atoms with Crippen molar-refractivity contribution in [2.45, 2.75) is 6.42 Å². The summed E-state index contributed by atoms with van der Waals surface area (Å²) >= 11 is 7.65. The molecular weight excluding hydrogens is 402 g/mol. The summed E-state index contributed by atoms with van der Waals surface area (Å²) in [6.45, 7) is 0.218. The second-order valence-corrected chi connectivity index (χ2v) is 7.49. The Kier molecular flexibility index (Phi) is 4.14. The lowest BCUT2D eigenvalue weighted by Crippen LogP contribution is -2.10. The third kappa shape index (κ3) is 3.06. The summed E-state index contributed by atoms with van der Waals surface area (Å²) in [6, 6.07) is 13.2. The standard InChI is InChI=1S/C19H12ClN3O4S/c20-16-11-3-1-2-4-14(11)28-17(16)18(24)21-19-23-22-15(27-19)8-10-5-6-12-13(7-10)26-9-25-12/h1-7H,8-9H2,(H,21,23,24). The quantitative estimate of drug-likeness (QED) is 0.529. The van der Waals surface area contributed by atoms with Crippen molar-refractivity contribution >= 4 is 44.9 Å². The van der Waals surface area contributed by atoms with Crippen molar-refractivity contribution in [3.05, 3.63) is 63.8 Å². The predicted octanol–water partition coefficient (Wildman–Crippen LogP) is 4.51. The zero-order chi connectivity index (χ0) is 19.1. The lowest BCUT2D eigenvalue weighted by molar-refractivity contribution is 0.102. The molecule has 140 valence electrons. The van der Waals surface area contributed by atoms with Crippen molar-refractivity contribution in [1.82, 2.24) is 10.2 Å². The smallest absolute Gasteiger partial charge is 0.322 e. The van der Waals surface area contributed by atoms with Gasteiger partial charge in [-0.2, -0.15) is 0 Å². The Bertz CT molecular complexity index is 1200. The molecule has 7 nitrogen and oxygen atoms in total. The molecule has 0 aliphatic carbocycles. The van der Waals surface area contributed by atoms with Crippen LogP contribution < -0.4 is 14.8 Å². The maximum absolute atomic E-state index is 12.6. The van der Waals surface area contributed by atoms with Gasteiger partial charge in [-0.1, -0.05) is 41.0 Å². The fourth-order valence-corrected chi connectivity index (χ4v) is 4.33. The third-order valence-electron chi connectivity index (χ3n) is 4.22. The van der Waals surface area contributed by atoms with Crippen LogP contribution in [0.4, 0.5) is 6.01 Å². The van der Waals surface area contributed by atoms with Crippen LogP contribution in [0.5, 0.6) is 11.5 Å². The Morgan fingerprint density at radius 1 is 1.14 bits per heavy atom. The topological polar surface area (TPSA) is 86.5 Å². The molecule has 0 atom stereocenters. The molecule has 3 heterocycles. The highest BCUT2D eigenvalue weighted by Crippen LogP contribution is 2.36. The first-order valence-electron chi connectivity index (χ1n) is 8.36. The molecule has 2 aromatic carbocycles. The molecule has 0 saturated carbocycles. The van der Waals surface area contributed by atoms with Crippen molar-refractivity contribution in [2.75, 3.05) is 12.1 Å². The van der Waals surface area contributed by atoms with Gasteiger partial charge in [0.1, 0.15) is 4.88 Å². The Labute approximate surface area is 167 Å². The SMILES string of the molecule is O=C(Nc1nnc(Cc2ccc3c(c2)OCO3)o1)c1sc2ccccc2c1Cl. The number of benzene rings is 2. The summed E-state index contributed by atoms with van der Waals surface area (Å²) in [5.41, 5.74) is 0.929. The maximum Gasteiger partial charge on any atom is 0.322 e. The van der Waals surface area contributed by atoms with Crippen molar-refractivity contribution in [3.63, 3.8) is 0 Å². The van der Waals surface area contributed by atoms with Crippen LogP contribution in [-0.4, -0.2) is 22.9 Å². The number of fused-ring (bicyclic) bond motifs is 2. The van der Waals surface area contributed by atoms with E-state index in [-0.39, 0.29) is 18.7 Å². The highest BCUT2D eigenvalue weighted by molar-refractivity contribution is 7.21. The largest absolute Gasteiger partial charge is 0.454 e. The fourth-order valence-electron chi connectivity index (χ4n) is 2.92. The van der Waals surface area contributed by atoms with Gasteiger partial charge >= 0.3 is 6.01 Å². The molecule has 0 unspecified atom stereocenters. The van der Waals surface area contributed by atoms with Gasteiger partial charge in [-0.05, 0) is 23.8 Å². The zero-order valence-electron chi connectivity index (χ0n) is 14.3. The van der Waals surface area contributed by atoms with Crippen molar-refractivity contribution in [3.8, 4) is 11.5 Å². The maximum atomic E-state index is 12.6. The van der Waals surface area contributed by atoms with E-state index < -0.39 is 0 Å². The van der Waals surface area contributed by atoms with Crippen molar-refractivity contribution in [1.29, 1.82) is 0 Å². The first-order valence-corrected chi connectivity index (χ1v) is 9.56. The fraction of sp³-hybridized carbons (Fsp3) is 0.105. The molecule has 0 bridgehead atoms. The van der Waals surface area contributed by atoms with E-state index in [0.29, 0.717) is 33.7 Å². The second kappa shape index (κ2) is 6.81. The lowest BCUT2D eigenvalue weighted by Gasteiger charge is -2.00. The van der Waals surface area contributed by atoms with Crippen LogP contribution in [-0.2, 0) is 6.42 Å². The monoisotopic (exact) mass is 413 g/mol. The molecule has 28 heavy (non-hydrogen) atoms. The number of thiophene rings is 1. The zero-order valence-corrected chi connectivity index (χ0v) is 15.8. The minimum Gasteiger partial charge on any atom is -0.454 e. The minimum atomic E-state index is -0.385. The molecule has 1 N–H and O–H groups in total. The molecular formula is C19H12ClN3O4S. The summed E-state index contributed by atoms with van der Waals surface area (Å²) in [5, 5.41) is 11.7. The highest BCUT2D eigenvalue weighted by atomic mass is 35.5. The molecule has 1 amide bonds. The van der Waals surface area contributed by atoms with Gasteiger partial charge in [0.2, 0.25) is 12.7 Å². The van der Waals surface area contributed by atoms with Crippen LogP contribution in [0, 0.1) is 0 Å². The number of ether oxygens (including phenoxy) is 2. The molecule has 1 aliphatic rings. The van der Waals surface area contributed by atoms with E-state index in [1.165, 1.54) is 11.3 Å². The van der Waals surface area contributed by atoms with E-state index in [4.69, 9.17) is 25.5 Å². The van der Waals surface area contributed by atoms with E-state index in [1.807, 2.05) is 42.5 Å². The first kappa shape index (κ1) is 17.0. The van der Waals surface area contributed by atoms with Gasteiger partial charge in [0.15, 0.2) is 11.5 Å². The van der Waals surface area contributed by atoms with E-state index in [0.717, 1.165) is 15.6 Å². The van der Waals surface area contributed by atoms with Crippen LogP contribution in [0.25, 0.3) is 10.1 Å². The van der Waals surface area contributed by atoms with E-state index in [9.17, 15) is 4.79 Å². The van der Waals surface area contributed by atoms with Crippen LogP contribution in [0.3, 0.4) is 0 Å². The molecule has 1 aliphatic heterocycles. The average Bonchev–Trinajstić information content (AvgIpc) is 3.41. The number of aromatic nitrogens is 2. The summed E-state index contributed by atoms with van der Waals surface area (Å²) in [7, 11) is 0. The summed E-state index contributed by atoms with van der Waals surface area (Å²) in [4.78, 5) is 13.0. The second-order valence-electron chi connectivity index (χ2n) is 6.06. The summed E-state index contributed by atoms with van der Waals surface area (Å²) in [5.74, 6) is 1.38. The van der Waals surface area contributed by atoms with Crippen molar-refractivity contribution < 1.29 is 18.7 Å². The van der Waals surface area contributed by atoms with Gasteiger partial charge in [0.25, 0.3) is 5.91 Å². The van der Waals surface area contributed by atoms with Crippen LogP contribution in [0.2, 0.25) is 5.02 Å². The van der Waals surface area contributed by atoms with E-state index >= 15 is 0 Å². The Morgan fingerprint density at radius 3 is 2.89 bits per heavy atom. The molecule has 0 radical (unpaired) electrons. The van der Waals surface area contributed by atoms with Gasteiger partial charge in [-0.25, -0.2) is 0 Å². The molecule has 0 spiro atoms. The van der Waals surface area contributed by atoms with Gasteiger partial charge < -0.3 is 13.9 Å². The van der Waals surface area contributed by atoms with Crippen molar-refractivity contribution in [2.24, 2.45) is 0 Å². The van der Waals surface area contributed by atoms with Crippen LogP contribution in [0.1, 0.15) is 21.1 Å². The normalized spacial score (nSPS) is 12.5. The summed E-state index contributed by atoms with van der Waals surface area (Å²) < 4.78 is 17.1. The van der Waals surface area contributed by atoms with E-state index in [2.05, 4.69) is 15.5 Å². The number of halogens is 1. The van der Waals surface area contributed by atoms with Gasteiger partial charge in [0.05, 0.1) is 11.4 Å². The number of carbonyl (C=O) groups is 1. The van der Waals surface area contributed by atoms with Gasteiger partial charge in [-0.3, -0.25) is 10.1 Å². The number of hydrogen-bond donors (Lipinski definition) is 1. The minimum absolute atomic E-state index is 0.0225. The van der Waals surface area contributed by atoms with Crippen LogP contribution >= 0.6 is 22.9 Å². The average molecular weight is 414 g/mol. The Hall–Kier alpha value is -3.10. The molecule has 5 rings (SSSR count). The Morgan fingerprint density at radius 2 is 2.00 bits per heavy atom. The number of nitrogens with one attached hydrogen (secondary N) is 1. The Balaban J connectivity index is 1.32. The number of rotatable bonds is 4. The highest BCUT2D eigenvalue weighted by Gasteiger charge is 2.20. The third-order valence-corrected chi connectivity index (χ3v) is 5.89. The number of hydrogen-bond acceptors (Lipinski definition) is 7. The predicted molar refractivity (Wildman–Crippen MR) is 104 cm³/mol. The molecule has 4 aromatic rings. The van der Waals surface area contributed by atoms with E-state index in [1.54, 1.807) is 0 Å². The molecule has 0 saturated heterocycles. The number of anilines is 1. The number of amides is 1. The lowest BCUT2D eigenvalue weighted by atomic mass is 10.1. The number of carbonyl (C=O) groups excluding carboxylic acids is 1. The summed E-state index contributed by atoms with van der Waals surface area (Å²) in [6.07, 6.45) is 0.406. The van der Waals surface area contributed by atoms with Crippen LogP contribution in [0.15, 0.2) is 46.9 Å².